The number of amides is 2. The Morgan fingerprint density at radius 2 is 1.56 bits per heavy atom. The molecule has 0 radical (unpaired) electrons. The maximum atomic E-state index is 14.8. The molecule has 0 bridgehead atoms. The SMILES string of the molecule is CO[C@@](C(=O)OC1([C@H]2CCCC[N+]2(C(=O)[O-])C(C)(C)C)CN(C(=O)OCc2ccccc2)C1)(c1ccccc1)C(F)(F)F. The Balaban J connectivity index is 1.74. The molecule has 2 fully saturated rings. The molecule has 0 aliphatic carbocycles. The van der Waals surface area contributed by atoms with Gasteiger partial charge in [0.15, 0.2) is 5.60 Å². The van der Waals surface area contributed by atoms with E-state index in [9.17, 15) is 32.7 Å². The molecule has 1 unspecified atom stereocenters. The molecule has 2 heterocycles. The molecule has 2 saturated heterocycles. The number of quaternary nitrogens is 1. The smallest absolute Gasteiger partial charge is 0.432 e. The molecule has 9 nitrogen and oxygen atoms in total. The number of hydrogen-bond acceptors (Lipinski definition) is 7. The molecule has 0 N–H and O–H groups in total. The molecule has 0 aromatic heterocycles. The maximum Gasteiger partial charge on any atom is 0.432 e. The Kier molecular flexibility index (Phi) is 8.86. The van der Waals surface area contributed by atoms with Crippen molar-refractivity contribution in [1.82, 2.24) is 4.90 Å². The predicted molar refractivity (Wildman–Crippen MR) is 146 cm³/mol. The summed E-state index contributed by atoms with van der Waals surface area (Å²) in [4.78, 5) is 41.0. The van der Waals surface area contributed by atoms with Crippen LogP contribution in [0.3, 0.4) is 0 Å². The van der Waals surface area contributed by atoms with Gasteiger partial charge in [-0.15, -0.1) is 0 Å². The molecule has 2 aromatic rings. The zero-order valence-electron chi connectivity index (χ0n) is 24.7. The van der Waals surface area contributed by atoms with E-state index in [0.29, 0.717) is 12.8 Å². The van der Waals surface area contributed by atoms with Gasteiger partial charge in [0, 0.05) is 19.1 Å². The van der Waals surface area contributed by atoms with E-state index in [0.717, 1.165) is 24.8 Å². The zero-order chi connectivity index (χ0) is 31.7. The Bertz CT molecular complexity index is 1310. The van der Waals surface area contributed by atoms with Crippen molar-refractivity contribution in [3.05, 3.63) is 71.8 Å². The van der Waals surface area contributed by atoms with Gasteiger partial charge < -0.3 is 24.1 Å². The number of nitrogens with zero attached hydrogens (tertiary/aromatic N) is 2. The summed E-state index contributed by atoms with van der Waals surface area (Å²) in [7, 11) is 0.764. The van der Waals surface area contributed by atoms with E-state index in [-0.39, 0.29) is 32.7 Å². The summed E-state index contributed by atoms with van der Waals surface area (Å²) >= 11 is 0. The molecule has 2 amide bonds. The average Bonchev–Trinajstić information content (AvgIpc) is 2.93. The lowest BCUT2D eigenvalue weighted by Crippen LogP contribution is -2.84. The number of hydrogen-bond donors (Lipinski definition) is 0. The van der Waals surface area contributed by atoms with Crippen LogP contribution in [0.1, 0.15) is 51.2 Å². The van der Waals surface area contributed by atoms with Crippen molar-refractivity contribution in [3.8, 4) is 0 Å². The number of methoxy groups -OCH3 is 1. The molecule has 4 rings (SSSR count). The number of halogens is 3. The summed E-state index contributed by atoms with van der Waals surface area (Å²) in [6.07, 6.45) is -6.18. The first-order valence-electron chi connectivity index (χ1n) is 14.1. The van der Waals surface area contributed by atoms with Crippen molar-refractivity contribution in [1.29, 1.82) is 0 Å². The van der Waals surface area contributed by atoms with Crippen LogP contribution >= 0.6 is 0 Å². The van der Waals surface area contributed by atoms with E-state index in [1.54, 1.807) is 51.1 Å². The minimum atomic E-state index is -5.24. The summed E-state index contributed by atoms with van der Waals surface area (Å²) in [5.41, 5.74) is -6.06. The van der Waals surface area contributed by atoms with Crippen LogP contribution in [0.25, 0.3) is 0 Å². The molecular weight excluding hydrogens is 569 g/mol. The lowest BCUT2D eigenvalue weighted by molar-refractivity contribution is -0.952. The second-order valence-corrected chi connectivity index (χ2v) is 12.1. The fourth-order valence-corrected chi connectivity index (χ4v) is 6.56. The van der Waals surface area contributed by atoms with Gasteiger partial charge in [-0.25, -0.2) is 9.59 Å². The van der Waals surface area contributed by atoms with Crippen molar-refractivity contribution in [2.24, 2.45) is 0 Å². The van der Waals surface area contributed by atoms with Crippen LogP contribution in [0, 0.1) is 0 Å². The first kappa shape index (κ1) is 32.3. The van der Waals surface area contributed by atoms with Crippen LogP contribution in [-0.4, -0.2) is 77.6 Å². The fraction of sp³-hybridized carbons (Fsp3) is 0.516. The number of benzene rings is 2. The number of carbonyl (C=O) groups excluding carboxylic acids is 3. The highest BCUT2D eigenvalue weighted by Crippen LogP contribution is 2.49. The van der Waals surface area contributed by atoms with Crippen molar-refractivity contribution >= 4 is 18.2 Å². The Morgan fingerprint density at radius 3 is 2.07 bits per heavy atom. The molecule has 3 atom stereocenters. The van der Waals surface area contributed by atoms with E-state index in [4.69, 9.17) is 14.2 Å². The minimum absolute atomic E-state index is 0.0533. The van der Waals surface area contributed by atoms with Gasteiger partial charge in [-0.2, -0.15) is 13.2 Å². The summed E-state index contributed by atoms with van der Waals surface area (Å²) < 4.78 is 59.8. The van der Waals surface area contributed by atoms with Gasteiger partial charge in [-0.3, -0.25) is 9.38 Å². The summed E-state index contributed by atoms with van der Waals surface area (Å²) in [6.45, 7) is 4.41. The molecule has 12 heteroatoms. The molecule has 0 spiro atoms. The lowest BCUT2D eigenvalue weighted by atomic mass is 9.75. The number of alkyl halides is 3. The van der Waals surface area contributed by atoms with Crippen LogP contribution in [0.5, 0.6) is 0 Å². The molecule has 43 heavy (non-hydrogen) atoms. The Morgan fingerprint density at radius 1 is 0.977 bits per heavy atom. The topological polar surface area (TPSA) is 105 Å². The Hall–Kier alpha value is -3.64. The molecule has 2 aliphatic rings. The summed E-state index contributed by atoms with van der Waals surface area (Å²) in [5, 5.41) is 12.9. The van der Waals surface area contributed by atoms with E-state index >= 15 is 0 Å². The first-order chi connectivity index (χ1) is 20.1. The quantitative estimate of drug-likeness (QED) is 0.337. The second kappa shape index (κ2) is 11.8. The van der Waals surface area contributed by atoms with E-state index in [2.05, 4.69) is 0 Å². The standard InChI is InChI=1S/C31H37F3N2O7/c1-28(2,3)36(27(39)40)18-12-11-17-24(36)29(20-35(21-29)26(38)42-19-22-13-7-5-8-14-22)43-25(37)30(41-4,31(32,33)34)23-15-9-6-10-16-23/h5-10,13-16,24H,11-12,17-21H2,1-4H3/t24-,30-,36?/m1/s1. The van der Waals surface area contributed by atoms with Gasteiger partial charge in [-0.05, 0) is 39.2 Å². The van der Waals surface area contributed by atoms with Crippen molar-refractivity contribution in [2.45, 2.75) is 75.6 Å². The molecule has 234 valence electrons. The number of carbonyl (C=O) groups is 3. The van der Waals surface area contributed by atoms with Crippen LogP contribution in [-0.2, 0) is 31.2 Å². The highest BCUT2D eigenvalue weighted by molar-refractivity contribution is 5.83. The van der Waals surface area contributed by atoms with Gasteiger partial charge in [0.25, 0.3) is 11.7 Å². The minimum Gasteiger partial charge on any atom is -0.498 e. The van der Waals surface area contributed by atoms with Crippen LogP contribution in [0.4, 0.5) is 22.8 Å². The number of piperidine rings is 1. The predicted octanol–water partition coefficient (Wildman–Crippen LogP) is 4.54. The number of ether oxygens (including phenoxy) is 3. The summed E-state index contributed by atoms with van der Waals surface area (Å²) in [6, 6.07) is 14.2. The van der Waals surface area contributed by atoms with Gasteiger partial charge in [0.1, 0.15) is 12.6 Å². The zero-order valence-corrected chi connectivity index (χ0v) is 24.7. The third kappa shape index (κ3) is 5.58. The van der Waals surface area contributed by atoms with E-state index in [1.165, 1.54) is 23.1 Å². The maximum absolute atomic E-state index is 14.8. The number of likely N-dealkylation sites (tertiary alicyclic amines) is 2. The van der Waals surface area contributed by atoms with Crippen molar-refractivity contribution in [2.75, 3.05) is 26.7 Å². The average molecular weight is 607 g/mol. The highest BCUT2D eigenvalue weighted by atomic mass is 19.4. The largest absolute Gasteiger partial charge is 0.498 e. The normalized spacial score (nSPS) is 23.4. The third-order valence-electron chi connectivity index (χ3n) is 8.75. The molecule has 2 aliphatic heterocycles. The van der Waals surface area contributed by atoms with Crippen molar-refractivity contribution < 1.29 is 51.4 Å². The number of esters is 1. The molecule has 0 saturated carbocycles. The van der Waals surface area contributed by atoms with E-state index in [1.807, 2.05) is 0 Å². The second-order valence-electron chi connectivity index (χ2n) is 12.1. The highest BCUT2D eigenvalue weighted by Gasteiger charge is 2.70. The van der Waals surface area contributed by atoms with Crippen LogP contribution < -0.4 is 5.11 Å². The van der Waals surface area contributed by atoms with Gasteiger partial charge in [0.2, 0.25) is 0 Å². The molecular formula is C31H37F3N2O7. The first-order valence-corrected chi connectivity index (χ1v) is 14.1. The number of carboxylic acid groups (broad SMARTS) is 1. The fourth-order valence-electron chi connectivity index (χ4n) is 6.56. The Labute approximate surface area is 248 Å². The third-order valence-corrected chi connectivity index (χ3v) is 8.75. The van der Waals surface area contributed by atoms with Crippen LogP contribution in [0.15, 0.2) is 60.7 Å². The summed E-state index contributed by atoms with van der Waals surface area (Å²) in [5.74, 6) is -1.75. The van der Waals surface area contributed by atoms with Crippen molar-refractivity contribution in [3.63, 3.8) is 0 Å². The van der Waals surface area contributed by atoms with Gasteiger partial charge in [0.05, 0.1) is 25.2 Å². The van der Waals surface area contributed by atoms with Gasteiger partial charge >= 0.3 is 18.2 Å². The van der Waals surface area contributed by atoms with E-state index < -0.39 is 57.2 Å². The van der Waals surface area contributed by atoms with Crippen LogP contribution in [0.2, 0.25) is 0 Å². The lowest BCUT2D eigenvalue weighted by Gasteiger charge is -2.62. The number of rotatable bonds is 7. The van der Waals surface area contributed by atoms with Gasteiger partial charge in [-0.1, -0.05) is 60.7 Å². The monoisotopic (exact) mass is 606 g/mol. The molecule has 2 aromatic carbocycles.